The maximum Gasteiger partial charge on any atom is 0.340 e. The monoisotopic (exact) mass is 548 g/mol. The van der Waals surface area contributed by atoms with Gasteiger partial charge in [-0.25, -0.2) is 4.79 Å². The van der Waals surface area contributed by atoms with Crippen molar-refractivity contribution in [3.8, 4) is 23.0 Å². The predicted octanol–water partition coefficient (Wildman–Crippen LogP) is 4.45. The lowest BCUT2D eigenvalue weighted by Gasteiger charge is -2.40. The normalized spacial score (nSPS) is 16.1. The molecule has 0 unspecified atom stereocenters. The number of carbonyl (C=O) groups is 3. The van der Waals surface area contributed by atoms with Gasteiger partial charge >= 0.3 is 5.97 Å². The zero-order valence-corrected chi connectivity index (χ0v) is 23.3. The molecule has 0 bridgehead atoms. The maximum absolute atomic E-state index is 14.2. The first-order valence-corrected chi connectivity index (χ1v) is 12.6. The minimum Gasteiger partial charge on any atom is -0.493 e. The highest BCUT2D eigenvalue weighted by Crippen LogP contribution is 2.47. The first kappa shape index (κ1) is 28.3. The lowest BCUT2D eigenvalue weighted by molar-refractivity contribution is -0.119. The van der Waals surface area contributed by atoms with Crippen LogP contribution in [0.3, 0.4) is 0 Å². The van der Waals surface area contributed by atoms with Gasteiger partial charge in [0.05, 0.1) is 58.3 Å². The molecule has 1 aliphatic rings. The summed E-state index contributed by atoms with van der Waals surface area (Å²) in [6.07, 6.45) is 0. The number of fused-ring (bicyclic) bond motifs is 1. The molecule has 0 fully saturated rings. The van der Waals surface area contributed by atoms with Gasteiger partial charge in [0.25, 0.3) is 5.91 Å². The van der Waals surface area contributed by atoms with Gasteiger partial charge in [-0.15, -0.1) is 0 Å². The lowest BCUT2D eigenvalue weighted by atomic mass is 9.79. The van der Waals surface area contributed by atoms with Crippen molar-refractivity contribution in [3.05, 3.63) is 76.9 Å². The van der Waals surface area contributed by atoms with Gasteiger partial charge in [-0.3, -0.25) is 9.59 Å². The van der Waals surface area contributed by atoms with Crippen molar-refractivity contribution in [1.82, 2.24) is 4.90 Å². The summed E-state index contributed by atoms with van der Waals surface area (Å²) in [5.41, 5.74) is 1.90. The van der Waals surface area contributed by atoms with E-state index in [-0.39, 0.29) is 18.1 Å². The van der Waals surface area contributed by atoms with E-state index in [4.69, 9.17) is 23.7 Å². The van der Waals surface area contributed by atoms with Gasteiger partial charge in [-0.2, -0.15) is 0 Å². The van der Waals surface area contributed by atoms with E-state index in [2.05, 4.69) is 5.32 Å². The fourth-order valence-electron chi connectivity index (χ4n) is 4.97. The van der Waals surface area contributed by atoms with Crippen molar-refractivity contribution >= 4 is 23.5 Å². The summed E-state index contributed by atoms with van der Waals surface area (Å²) >= 11 is 0. The van der Waals surface area contributed by atoms with Crippen LogP contribution in [0.25, 0.3) is 0 Å². The molecular weight excluding hydrogens is 516 g/mol. The number of rotatable bonds is 9. The number of hydrogen-bond acceptors (Lipinski definition) is 8. The Balaban J connectivity index is 1.90. The molecule has 0 saturated heterocycles. The molecule has 0 saturated carbocycles. The van der Waals surface area contributed by atoms with Gasteiger partial charge in [-0.05, 0) is 54.4 Å². The van der Waals surface area contributed by atoms with Crippen LogP contribution >= 0.6 is 0 Å². The summed E-state index contributed by atoms with van der Waals surface area (Å²) in [7, 11) is 7.64. The van der Waals surface area contributed by atoms with Gasteiger partial charge < -0.3 is 33.9 Å². The van der Waals surface area contributed by atoms with Gasteiger partial charge in [-0.1, -0.05) is 18.2 Å². The molecule has 1 heterocycles. The van der Waals surface area contributed by atoms with E-state index < -0.39 is 23.8 Å². The number of amides is 2. The number of benzene rings is 3. The van der Waals surface area contributed by atoms with E-state index in [0.29, 0.717) is 45.4 Å². The van der Waals surface area contributed by atoms with Crippen LogP contribution in [0.5, 0.6) is 23.0 Å². The predicted molar refractivity (Wildman–Crippen MR) is 148 cm³/mol. The topological polar surface area (TPSA) is 113 Å². The summed E-state index contributed by atoms with van der Waals surface area (Å²) < 4.78 is 27.0. The smallest absolute Gasteiger partial charge is 0.340 e. The molecule has 4 rings (SSSR count). The third kappa shape index (κ3) is 5.12. The van der Waals surface area contributed by atoms with Crippen LogP contribution in [-0.2, 0) is 9.53 Å². The van der Waals surface area contributed by atoms with Crippen LogP contribution < -0.4 is 24.3 Å². The third-order valence-electron chi connectivity index (χ3n) is 6.89. The molecule has 2 atom stereocenters. The van der Waals surface area contributed by atoms with Gasteiger partial charge in [0.1, 0.15) is 0 Å². The molecule has 0 aliphatic carbocycles. The second kappa shape index (κ2) is 12.0. The Morgan fingerprint density at radius 3 is 2.12 bits per heavy atom. The fourth-order valence-corrected chi connectivity index (χ4v) is 4.97. The number of para-hydroxylation sites is 1. The van der Waals surface area contributed by atoms with Crippen molar-refractivity contribution in [1.29, 1.82) is 0 Å². The Bertz CT molecular complexity index is 1440. The van der Waals surface area contributed by atoms with Crippen LogP contribution in [-0.4, -0.2) is 64.8 Å². The largest absolute Gasteiger partial charge is 0.493 e. The summed E-state index contributed by atoms with van der Waals surface area (Å²) in [5, 5.41) is 2.91. The van der Waals surface area contributed by atoms with Crippen molar-refractivity contribution in [2.45, 2.75) is 18.9 Å². The Labute approximate surface area is 232 Å². The SMILES string of the molecule is CCOC(=O)c1ccccc1NC(=O)[C@@H]1c2cc(OC)c(OC)cc2C(=O)N(C)[C@@H]1c1ccc(OC)c(OC)c1. The van der Waals surface area contributed by atoms with E-state index in [1.54, 1.807) is 68.6 Å². The van der Waals surface area contributed by atoms with E-state index in [1.165, 1.54) is 33.3 Å². The number of carbonyl (C=O) groups excluding carboxylic acids is 3. The Kier molecular flexibility index (Phi) is 8.47. The van der Waals surface area contributed by atoms with Gasteiger partial charge in [0.2, 0.25) is 5.91 Å². The second-order valence-electron chi connectivity index (χ2n) is 9.00. The van der Waals surface area contributed by atoms with Crippen molar-refractivity contribution in [2.24, 2.45) is 0 Å². The van der Waals surface area contributed by atoms with E-state index >= 15 is 0 Å². The summed E-state index contributed by atoms with van der Waals surface area (Å²) in [6.45, 7) is 1.90. The molecule has 1 aliphatic heterocycles. The summed E-state index contributed by atoms with van der Waals surface area (Å²) in [4.78, 5) is 42.0. The van der Waals surface area contributed by atoms with E-state index in [9.17, 15) is 14.4 Å². The second-order valence-corrected chi connectivity index (χ2v) is 9.00. The van der Waals surface area contributed by atoms with Crippen LogP contribution in [0.1, 0.15) is 50.7 Å². The van der Waals surface area contributed by atoms with E-state index in [1.807, 2.05) is 0 Å². The fraction of sp³-hybridized carbons (Fsp3) is 0.300. The molecule has 3 aromatic rings. The van der Waals surface area contributed by atoms with Gasteiger partial charge in [0, 0.05) is 12.6 Å². The minimum atomic E-state index is -0.911. The number of nitrogens with zero attached hydrogens (tertiary/aromatic N) is 1. The highest BCUT2D eigenvalue weighted by atomic mass is 16.5. The molecule has 1 N–H and O–H groups in total. The van der Waals surface area contributed by atoms with Crippen molar-refractivity contribution < 1.29 is 38.1 Å². The molecule has 2 amide bonds. The van der Waals surface area contributed by atoms with Crippen LogP contribution in [0.2, 0.25) is 0 Å². The number of ether oxygens (including phenoxy) is 5. The standard InChI is InChI=1S/C30H32N2O8/c1-7-40-30(35)18-10-8-9-11-21(18)31-28(33)26-19-15-24(38-5)25(39-6)16-20(19)29(34)32(2)27(26)17-12-13-22(36-3)23(14-17)37-4/h8-16,26-27H,7H2,1-6H3,(H,31,33)/t26-,27-/m1/s1. The third-order valence-corrected chi connectivity index (χ3v) is 6.89. The molecule has 0 aromatic heterocycles. The number of esters is 1. The first-order valence-electron chi connectivity index (χ1n) is 12.6. The molecular formula is C30H32N2O8. The number of anilines is 1. The first-order chi connectivity index (χ1) is 19.3. The number of methoxy groups -OCH3 is 4. The molecule has 40 heavy (non-hydrogen) atoms. The van der Waals surface area contributed by atoms with Crippen LogP contribution in [0.4, 0.5) is 5.69 Å². The molecule has 210 valence electrons. The van der Waals surface area contributed by atoms with Crippen LogP contribution in [0, 0.1) is 0 Å². The number of likely N-dealkylation sites (N-methyl/N-ethyl adjacent to an activating group) is 1. The zero-order valence-electron chi connectivity index (χ0n) is 23.3. The van der Waals surface area contributed by atoms with Gasteiger partial charge in [0.15, 0.2) is 23.0 Å². The molecule has 3 aromatic carbocycles. The van der Waals surface area contributed by atoms with Crippen molar-refractivity contribution in [3.63, 3.8) is 0 Å². The summed E-state index contributed by atoms with van der Waals surface area (Å²) in [5.74, 6) is -0.522. The maximum atomic E-state index is 14.2. The number of hydrogen-bond donors (Lipinski definition) is 1. The Morgan fingerprint density at radius 2 is 1.48 bits per heavy atom. The molecule has 10 heteroatoms. The molecule has 10 nitrogen and oxygen atoms in total. The molecule has 0 spiro atoms. The average Bonchev–Trinajstić information content (AvgIpc) is 2.98. The highest BCUT2D eigenvalue weighted by molar-refractivity contribution is 6.07. The summed E-state index contributed by atoms with van der Waals surface area (Å²) in [6, 6.07) is 14.3. The lowest BCUT2D eigenvalue weighted by Crippen LogP contribution is -2.44. The minimum absolute atomic E-state index is 0.188. The van der Waals surface area contributed by atoms with Crippen molar-refractivity contribution in [2.75, 3.05) is 47.4 Å². The van der Waals surface area contributed by atoms with Crippen LogP contribution in [0.15, 0.2) is 54.6 Å². The Morgan fingerprint density at radius 1 is 0.850 bits per heavy atom. The number of nitrogens with one attached hydrogen (secondary N) is 1. The quantitative estimate of drug-likeness (QED) is 0.391. The average molecular weight is 549 g/mol. The highest BCUT2D eigenvalue weighted by Gasteiger charge is 2.44. The van der Waals surface area contributed by atoms with E-state index in [0.717, 1.165) is 0 Å². The Hall–Kier alpha value is -4.73. The molecule has 0 radical (unpaired) electrons. The zero-order chi connectivity index (χ0) is 29.0.